The Labute approximate surface area is 111 Å². The van der Waals surface area contributed by atoms with Crippen LogP contribution in [0.3, 0.4) is 0 Å². The van der Waals surface area contributed by atoms with Gasteiger partial charge in [0, 0.05) is 17.9 Å². The average Bonchev–Trinajstić information content (AvgIpc) is 2.10. The fourth-order valence-corrected chi connectivity index (χ4v) is 2.69. The SMILES string of the molecule is Cn1c(C(C)(C)C)nc(C(C)(C)C)c(Br)c1=O. The van der Waals surface area contributed by atoms with Crippen LogP contribution in [0.25, 0.3) is 0 Å². The van der Waals surface area contributed by atoms with E-state index in [0.29, 0.717) is 4.47 Å². The molecule has 0 amide bonds. The Kier molecular flexibility index (Phi) is 3.59. The molecule has 0 fully saturated rings. The van der Waals surface area contributed by atoms with Crippen LogP contribution in [-0.4, -0.2) is 9.55 Å². The number of nitrogens with zero attached hydrogens (tertiary/aromatic N) is 2. The summed E-state index contributed by atoms with van der Waals surface area (Å²) in [5.74, 6) is 0.815. The third-order valence-corrected chi connectivity index (χ3v) is 3.33. The van der Waals surface area contributed by atoms with Gasteiger partial charge in [-0.25, -0.2) is 4.98 Å². The minimum atomic E-state index is -0.147. The Balaban J connectivity index is 3.69. The van der Waals surface area contributed by atoms with E-state index in [1.807, 2.05) is 0 Å². The molecular weight excluding hydrogens is 280 g/mol. The number of hydrogen-bond donors (Lipinski definition) is 0. The molecule has 0 radical (unpaired) electrons. The van der Waals surface area contributed by atoms with Crippen LogP contribution >= 0.6 is 15.9 Å². The van der Waals surface area contributed by atoms with Gasteiger partial charge < -0.3 is 0 Å². The van der Waals surface area contributed by atoms with Crippen molar-refractivity contribution >= 4 is 15.9 Å². The van der Waals surface area contributed by atoms with Gasteiger partial charge in [0.05, 0.1) is 5.69 Å². The average molecular weight is 301 g/mol. The summed E-state index contributed by atoms with van der Waals surface area (Å²) in [6.07, 6.45) is 0. The highest BCUT2D eigenvalue weighted by Crippen LogP contribution is 2.28. The first-order valence-corrected chi connectivity index (χ1v) is 6.53. The summed E-state index contributed by atoms with van der Waals surface area (Å²) in [5.41, 5.74) is 0.515. The van der Waals surface area contributed by atoms with Crippen LogP contribution in [0.1, 0.15) is 53.1 Å². The summed E-state index contributed by atoms with van der Waals surface area (Å²) in [4.78, 5) is 16.9. The second kappa shape index (κ2) is 4.23. The second-order valence-electron chi connectivity index (χ2n) is 6.46. The Bertz CT molecular complexity index is 449. The zero-order chi connectivity index (χ0) is 13.6. The van der Waals surface area contributed by atoms with Gasteiger partial charge in [-0.3, -0.25) is 9.36 Å². The highest BCUT2D eigenvalue weighted by molar-refractivity contribution is 9.10. The van der Waals surface area contributed by atoms with E-state index in [1.54, 1.807) is 11.6 Å². The van der Waals surface area contributed by atoms with E-state index in [-0.39, 0.29) is 16.4 Å². The van der Waals surface area contributed by atoms with E-state index >= 15 is 0 Å². The van der Waals surface area contributed by atoms with E-state index in [0.717, 1.165) is 11.5 Å². The smallest absolute Gasteiger partial charge is 0.267 e. The summed E-state index contributed by atoms with van der Waals surface area (Å²) in [6, 6.07) is 0. The first-order valence-electron chi connectivity index (χ1n) is 5.73. The Morgan fingerprint density at radius 2 is 1.53 bits per heavy atom. The number of hydrogen-bond acceptors (Lipinski definition) is 2. The third-order valence-electron chi connectivity index (χ3n) is 2.62. The minimum absolute atomic E-state index is 0.0187. The molecule has 4 heteroatoms. The highest BCUT2D eigenvalue weighted by Gasteiger charge is 2.27. The summed E-state index contributed by atoms with van der Waals surface area (Å²) < 4.78 is 2.19. The van der Waals surface area contributed by atoms with Gasteiger partial charge in [0.1, 0.15) is 10.3 Å². The topological polar surface area (TPSA) is 34.9 Å². The summed E-state index contributed by atoms with van der Waals surface area (Å²) in [6.45, 7) is 12.4. The Hall–Kier alpha value is -0.640. The van der Waals surface area contributed by atoms with Gasteiger partial charge in [-0.15, -0.1) is 0 Å². The molecule has 0 spiro atoms. The fourth-order valence-electron chi connectivity index (χ4n) is 1.74. The molecule has 96 valence electrons. The van der Waals surface area contributed by atoms with Gasteiger partial charge in [-0.05, 0) is 15.9 Å². The molecule has 0 saturated carbocycles. The van der Waals surface area contributed by atoms with E-state index in [1.165, 1.54) is 0 Å². The second-order valence-corrected chi connectivity index (χ2v) is 7.26. The Morgan fingerprint density at radius 3 is 1.88 bits per heavy atom. The normalized spacial score (nSPS) is 12.9. The third kappa shape index (κ3) is 2.79. The molecule has 0 unspecified atom stereocenters. The quantitative estimate of drug-likeness (QED) is 0.738. The van der Waals surface area contributed by atoms with Crippen LogP contribution in [0.15, 0.2) is 9.27 Å². The molecule has 0 aliphatic heterocycles. The monoisotopic (exact) mass is 300 g/mol. The molecule has 0 aromatic carbocycles. The largest absolute Gasteiger partial charge is 0.298 e. The van der Waals surface area contributed by atoms with Gasteiger partial charge in [-0.1, -0.05) is 41.5 Å². The molecule has 0 bridgehead atoms. The lowest BCUT2D eigenvalue weighted by Gasteiger charge is -2.26. The lowest BCUT2D eigenvalue weighted by Crippen LogP contribution is -2.33. The first-order chi connectivity index (χ1) is 7.46. The van der Waals surface area contributed by atoms with Crippen molar-refractivity contribution in [2.24, 2.45) is 7.05 Å². The number of halogens is 1. The molecule has 0 atom stereocenters. The van der Waals surface area contributed by atoms with Gasteiger partial charge in [0.15, 0.2) is 0 Å². The predicted octanol–water partition coefficient (Wildman–Crippen LogP) is 3.14. The molecule has 1 aromatic rings. The summed E-state index contributed by atoms with van der Waals surface area (Å²) >= 11 is 3.37. The van der Waals surface area contributed by atoms with E-state index < -0.39 is 0 Å². The van der Waals surface area contributed by atoms with Gasteiger partial charge in [0.25, 0.3) is 5.56 Å². The van der Waals surface area contributed by atoms with Crippen molar-refractivity contribution in [2.75, 3.05) is 0 Å². The van der Waals surface area contributed by atoms with Crippen molar-refractivity contribution in [3.8, 4) is 0 Å². The molecule has 0 aliphatic carbocycles. The highest BCUT2D eigenvalue weighted by atomic mass is 79.9. The van der Waals surface area contributed by atoms with Gasteiger partial charge in [-0.2, -0.15) is 0 Å². The molecule has 1 heterocycles. The summed E-state index contributed by atoms with van der Waals surface area (Å²) in [7, 11) is 1.77. The fraction of sp³-hybridized carbons (Fsp3) is 0.692. The molecule has 1 rings (SSSR count). The minimum Gasteiger partial charge on any atom is -0.298 e. The van der Waals surface area contributed by atoms with E-state index in [9.17, 15) is 4.79 Å². The van der Waals surface area contributed by atoms with Crippen molar-refractivity contribution in [3.05, 3.63) is 26.3 Å². The van der Waals surface area contributed by atoms with Crippen LogP contribution in [0.4, 0.5) is 0 Å². The van der Waals surface area contributed by atoms with Crippen LogP contribution in [0.5, 0.6) is 0 Å². The molecule has 17 heavy (non-hydrogen) atoms. The summed E-state index contributed by atoms with van der Waals surface area (Å²) in [5, 5.41) is 0. The predicted molar refractivity (Wildman–Crippen MR) is 74.6 cm³/mol. The molecule has 0 saturated heterocycles. The van der Waals surface area contributed by atoms with Crippen LogP contribution in [0, 0.1) is 0 Å². The Morgan fingerprint density at radius 1 is 1.06 bits per heavy atom. The molecular formula is C13H21BrN2O. The van der Waals surface area contributed by atoms with E-state index in [2.05, 4.69) is 57.5 Å². The van der Waals surface area contributed by atoms with Crippen molar-refractivity contribution in [2.45, 2.75) is 52.4 Å². The van der Waals surface area contributed by atoms with Gasteiger partial charge in [0.2, 0.25) is 0 Å². The van der Waals surface area contributed by atoms with Crippen LogP contribution in [-0.2, 0) is 17.9 Å². The van der Waals surface area contributed by atoms with Crippen LogP contribution < -0.4 is 5.56 Å². The first kappa shape index (κ1) is 14.4. The van der Waals surface area contributed by atoms with E-state index in [4.69, 9.17) is 4.98 Å². The number of aromatic nitrogens is 2. The molecule has 3 nitrogen and oxygen atoms in total. The number of rotatable bonds is 0. The van der Waals surface area contributed by atoms with Crippen molar-refractivity contribution in [1.82, 2.24) is 9.55 Å². The zero-order valence-corrected chi connectivity index (χ0v) is 13.3. The maximum Gasteiger partial charge on any atom is 0.267 e. The lowest BCUT2D eigenvalue weighted by atomic mass is 9.90. The van der Waals surface area contributed by atoms with Gasteiger partial charge >= 0.3 is 0 Å². The molecule has 0 aliphatic rings. The maximum absolute atomic E-state index is 12.2. The molecule has 0 N–H and O–H groups in total. The zero-order valence-electron chi connectivity index (χ0n) is 11.7. The lowest BCUT2D eigenvalue weighted by molar-refractivity contribution is 0.477. The maximum atomic E-state index is 12.2. The van der Waals surface area contributed by atoms with Crippen LogP contribution in [0.2, 0.25) is 0 Å². The molecule has 1 aromatic heterocycles. The standard InChI is InChI=1S/C13H21BrN2O/c1-12(2,3)9-8(14)10(17)16(7)11(15-9)13(4,5)6/h1-7H3. The van der Waals surface area contributed by atoms with Crippen molar-refractivity contribution < 1.29 is 0 Å². The van der Waals surface area contributed by atoms with Crippen molar-refractivity contribution in [3.63, 3.8) is 0 Å². The van der Waals surface area contributed by atoms with Crippen molar-refractivity contribution in [1.29, 1.82) is 0 Å².